The van der Waals surface area contributed by atoms with Crippen LogP contribution in [0, 0.1) is 11.8 Å². The Morgan fingerprint density at radius 2 is 1.96 bits per heavy atom. The maximum atomic E-state index is 12.4. The highest BCUT2D eigenvalue weighted by Gasteiger charge is 2.49. The molecule has 0 aromatic heterocycles. The Morgan fingerprint density at radius 3 is 2.52 bits per heavy atom. The molecule has 0 aromatic rings. The van der Waals surface area contributed by atoms with Crippen LogP contribution in [0.15, 0.2) is 24.5 Å². The minimum atomic E-state index is -5.66. The summed E-state index contributed by atoms with van der Waals surface area (Å²) in [5.74, 6) is -0.748. The van der Waals surface area contributed by atoms with Gasteiger partial charge in [-0.1, -0.05) is 46.8 Å². The van der Waals surface area contributed by atoms with Gasteiger partial charge in [0.1, 0.15) is 5.76 Å². The molecule has 0 bridgehead atoms. The van der Waals surface area contributed by atoms with Crippen LogP contribution in [-0.2, 0) is 19.0 Å². The van der Waals surface area contributed by atoms with Crippen molar-refractivity contribution in [3.8, 4) is 0 Å². The van der Waals surface area contributed by atoms with Crippen molar-refractivity contribution in [2.75, 3.05) is 0 Å². The Morgan fingerprint density at radius 1 is 1.33 bits per heavy atom. The lowest BCUT2D eigenvalue weighted by Crippen LogP contribution is -2.26. The Labute approximate surface area is 160 Å². The number of hydrogen-bond acceptors (Lipinski definition) is 4. The molecule has 27 heavy (non-hydrogen) atoms. The summed E-state index contributed by atoms with van der Waals surface area (Å²) in [4.78, 5) is 0. The zero-order chi connectivity index (χ0) is 20.8. The van der Waals surface area contributed by atoms with E-state index in [1.807, 2.05) is 6.92 Å². The predicted molar refractivity (Wildman–Crippen MR) is 99.3 cm³/mol. The van der Waals surface area contributed by atoms with Crippen molar-refractivity contribution in [1.29, 1.82) is 0 Å². The van der Waals surface area contributed by atoms with Crippen LogP contribution in [0.25, 0.3) is 0 Å². The highest BCUT2D eigenvalue weighted by molar-refractivity contribution is 7.87. The van der Waals surface area contributed by atoms with Crippen LogP contribution in [-0.4, -0.2) is 26.1 Å². The van der Waals surface area contributed by atoms with Gasteiger partial charge in [-0.15, -0.1) is 0 Å². The van der Waals surface area contributed by atoms with Gasteiger partial charge in [-0.2, -0.15) is 21.6 Å². The number of halogens is 3. The van der Waals surface area contributed by atoms with Crippen LogP contribution < -0.4 is 0 Å². The summed E-state index contributed by atoms with van der Waals surface area (Å²) >= 11 is 0. The van der Waals surface area contributed by atoms with Crippen LogP contribution in [0.2, 0.25) is 0 Å². The van der Waals surface area contributed by atoms with Gasteiger partial charge in [-0.25, -0.2) is 0 Å². The van der Waals surface area contributed by atoms with Gasteiger partial charge < -0.3 is 8.92 Å². The van der Waals surface area contributed by atoms with Gasteiger partial charge in [0.15, 0.2) is 0 Å². The van der Waals surface area contributed by atoms with E-state index in [4.69, 9.17) is 4.74 Å². The van der Waals surface area contributed by atoms with Gasteiger partial charge in [0.25, 0.3) is 0 Å². The molecule has 8 heteroatoms. The summed E-state index contributed by atoms with van der Waals surface area (Å²) in [6, 6.07) is 0. The van der Waals surface area contributed by atoms with Crippen molar-refractivity contribution in [3.63, 3.8) is 0 Å². The van der Waals surface area contributed by atoms with E-state index >= 15 is 0 Å². The Hall–Kier alpha value is -1.02. The van der Waals surface area contributed by atoms with Crippen LogP contribution in [0.5, 0.6) is 0 Å². The van der Waals surface area contributed by atoms with Crippen molar-refractivity contribution < 1.29 is 30.5 Å². The molecular weight excluding hydrogens is 381 g/mol. The highest BCUT2D eigenvalue weighted by Crippen LogP contribution is 2.33. The molecule has 4 atom stereocenters. The summed E-state index contributed by atoms with van der Waals surface area (Å²) in [5.41, 5.74) is -4.35. The largest absolute Gasteiger partial charge is 0.534 e. The lowest BCUT2D eigenvalue weighted by Gasteiger charge is -2.21. The number of unbranched alkanes of at least 4 members (excludes halogenated alkanes) is 1. The summed E-state index contributed by atoms with van der Waals surface area (Å²) in [6.07, 6.45) is 6.50. The summed E-state index contributed by atoms with van der Waals surface area (Å²) < 4.78 is 69.4. The maximum absolute atomic E-state index is 12.4. The quantitative estimate of drug-likeness (QED) is 0.189. The molecule has 1 aliphatic heterocycles. The fraction of sp³-hybridized carbons (Fsp3) is 0.789. The van der Waals surface area contributed by atoms with Crippen LogP contribution in [0.4, 0.5) is 13.2 Å². The Balaban J connectivity index is 2.42. The molecule has 1 heterocycles. The van der Waals surface area contributed by atoms with Crippen molar-refractivity contribution in [3.05, 3.63) is 24.5 Å². The second-order valence-corrected chi connectivity index (χ2v) is 9.06. The predicted octanol–water partition coefficient (Wildman–Crippen LogP) is 5.71. The molecule has 1 rings (SSSR count). The Bertz CT molecular complexity index is 613. The second kappa shape index (κ2) is 9.96. The molecule has 0 unspecified atom stereocenters. The summed E-state index contributed by atoms with van der Waals surface area (Å²) in [5, 5.41) is 0. The number of allylic oxidation sites excluding steroid dienone is 1. The minimum absolute atomic E-state index is 0.0228. The van der Waals surface area contributed by atoms with Gasteiger partial charge in [0.05, 0.1) is 12.2 Å². The molecule has 158 valence electrons. The topological polar surface area (TPSA) is 52.6 Å². The van der Waals surface area contributed by atoms with E-state index < -0.39 is 21.5 Å². The Kier molecular flexibility index (Phi) is 8.86. The van der Waals surface area contributed by atoms with E-state index in [2.05, 4.69) is 24.3 Å². The van der Waals surface area contributed by atoms with Gasteiger partial charge >= 0.3 is 15.6 Å². The van der Waals surface area contributed by atoms with E-state index in [0.717, 1.165) is 44.1 Å². The smallest absolute Gasteiger partial charge is 0.381 e. The maximum Gasteiger partial charge on any atom is 0.534 e. The molecule has 4 nitrogen and oxygen atoms in total. The van der Waals surface area contributed by atoms with Crippen molar-refractivity contribution >= 4 is 10.1 Å². The highest BCUT2D eigenvalue weighted by atomic mass is 32.2. The zero-order valence-corrected chi connectivity index (χ0v) is 17.2. The molecule has 0 amide bonds. The third-order valence-corrected chi connectivity index (χ3v) is 5.91. The van der Waals surface area contributed by atoms with E-state index in [-0.39, 0.29) is 23.9 Å². The summed E-state index contributed by atoms with van der Waals surface area (Å²) in [6.45, 7) is 13.2. The average Bonchev–Trinajstić information content (AvgIpc) is 2.89. The number of ether oxygens (including phenoxy) is 1. The summed E-state index contributed by atoms with van der Waals surface area (Å²) in [7, 11) is -5.66. The zero-order valence-electron chi connectivity index (χ0n) is 16.3. The van der Waals surface area contributed by atoms with Crippen LogP contribution in [0.3, 0.4) is 0 Å². The number of alkyl halides is 3. The first-order valence-corrected chi connectivity index (χ1v) is 10.8. The second-order valence-electron chi connectivity index (χ2n) is 7.52. The SMILES string of the molecule is C=C(OS(=O)(=O)C(F)(F)F)[C@H](C)C[C@H](C)CC[C@@H]1O[C@@H](CCCC)CC1=C. The molecule has 0 spiro atoms. The molecule has 0 aromatic carbocycles. The van der Waals surface area contributed by atoms with E-state index in [9.17, 15) is 21.6 Å². The van der Waals surface area contributed by atoms with Gasteiger partial charge in [0, 0.05) is 5.92 Å². The molecule has 1 saturated heterocycles. The third-order valence-electron chi connectivity index (χ3n) is 4.91. The lowest BCUT2D eigenvalue weighted by atomic mass is 9.91. The van der Waals surface area contributed by atoms with Crippen molar-refractivity contribution in [2.24, 2.45) is 11.8 Å². The normalized spacial score (nSPS) is 23.3. The van der Waals surface area contributed by atoms with Crippen molar-refractivity contribution in [1.82, 2.24) is 0 Å². The van der Waals surface area contributed by atoms with Crippen LogP contribution in [0.1, 0.15) is 65.7 Å². The first kappa shape index (κ1) is 24.0. The van der Waals surface area contributed by atoms with Gasteiger partial charge in [-0.05, 0) is 43.6 Å². The molecule has 0 radical (unpaired) electrons. The molecule has 0 N–H and O–H groups in total. The van der Waals surface area contributed by atoms with Crippen LogP contribution >= 0.6 is 0 Å². The fourth-order valence-corrected chi connectivity index (χ4v) is 3.77. The first-order valence-electron chi connectivity index (χ1n) is 9.40. The van der Waals surface area contributed by atoms with Gasteiger partial charge in [0.2, 0.25) is 0 Å². The first-order chi connectivity index (χ1) is 12.4. The van der Waals surface area contributed by atoms with Crippen molar-refractivity contribution in [2.45, 2.75) is 83.4 Å². The monoisotopic (exact) mass is 412 g/mol. The molecular formula is C19H31F3O4S. The van der Waals surface area contributed by atoms with E-state index in [1.165, 1.54) is 0 Å². The molecule has 1 aliphatic rings. The van der Waals surface area contributed by atoms with Gasteiger partial charge in [-0.3, -0.25) is 0 Å². The standard InChI is InChI=1S/C19H31F3O4S/c1-6-7-8-17-12-15(4)18(25-17)10-9-13(2)11-14(3)16(5)26-27(23,24)19(20,21)22/h13-14,17-18H,4-12H2,1-3H3/t13-,14-,17+,18+/m1/s1. The number of rotatable bonds is 11. The molecule has 0 saturated carbocycles. The average molecular weight is 413 g/mol. The van der Waals surface area contributed by atoms with E-state index in [1.54, 1.807) is 6.92 Å². The fourth-order valence-electron chi connectivity index (χ4n) is 3.23. The number of hydrogen-bond donors (Lipinski definition) is 0. The lowest BCUT2D eigenvalue weighted by molar-refractivity contribution is -0.0526. The molecule has 1 fully saturated rings. The minimum Gasteiger partial charge on any atom is -0.381 e. The third kappa shape index (κ3) is 7.49. The molecule has 0 aliphatic carbocycles. The van der Waals surface area contributed by atoms with E-state index in [0.29, 0.717) is 6.42 Å².